The van der Waals surface area contributed by atoms with Crippen LogP contribution in [0.5, 0.6) is 5.75 Å². The SMILES string of the molecule is CCC(CN)c1nc(-c2ccc(OC)cc2)cs1. The molecule has 0 radical (unpaired) electrons. The maximum absolute atomic E-state index is 5.75. The van der Waals surface area contributed by atoms with Gasteiger partial charge < -0.3 is 10.5 Å². The lowest BCUT2D eigenvalue weighted by Crippen LogP contribution is -2.11. The molecule has 0 amide bonds. The van der Waals surface area contributed by atoms with Gasteiger partial charge in [-0.2, -0.15) is 0 Å². The average Bonchev–Trinajstić information content (AvgIpc) is 2.90. The van der Waals surface area contributed by atoms with Crippen molar-refractivity contribution in [3.8, 4) is 17.0 Å². The number of nitrogens with two attached hydrogens (primary N) is 1. The average molecular weight is 262 g/mol. The Hall–Kier alpha value is -1.39. The van der Waals surface area contributed by atoms with E-state index in [2.05, 4.69) is 17.3 Å². The Morgan fingerprint density at radius 3 is 2.61 bits per heavy atom. The van der Waals surface area contributed by atoms with Crippen LogP contribution in [-0.4, -0.2) is 18.6 Å². The molecular weight excluding hydrogens is 244 g/mol. The number of benzene rings is 1. The highest BCUT2D eigenvalue weighted by Crippen LogP contribution is 2.28. The van der Waals surface area contributed by atoms with Crippen LogP contribution in [0.3, 0.4) is 0 Å². The van der Waals surface area contributed by atoms with E-state index < -0.39 is 0 Å². The zero-order chi connectivity index (χ0) is 13.0. The van der Waals surface area contributed by atoms with Crippen molar-refractivity contribution >= 4 is 11.3 Å². The van der Waals surface area contributed by atoms with Gasteiger partial charge in [0.15, 0.2) is 0 Å². The summed E-state index contributed by atoms with van der Waals surface area (Å²) in [5.74, 6) is 1.24. The second-order valence-electron chi connectivity index (χ2n) is 4.14. The van der Waals surface area contributed by atoms with Gasteiger partial charge in [-0.05, 0) is 30.7 Å². The molecule has 4 heteroatoms. The van der Waals surface area contributed by atoms with Gasteiger partial charge in [0.25, 0.3) is 0 Å². The molecule has 3 nitrogen and oxygen atoms in total. The minimum absolute atomic E-state index is 0.377. The standard InChI is InChI=1S/C14H18N2OS/c1-3-10(8-15)14-16-13(9-18-14)11-4-6-12(17-2)7-5-11/h4-7,9-10H,3,8,15H2,1-2H3. The highest BCUT2D eigenvalue weighted by atomic mass is 32.1. The molecule has 1 unspecified atom stereocenters. The van der Waals surface area contributed by atoms with Gasteiger partial charge in [-0.15, -0.1) is 11.3 Å². The molecule has 2 rings (SSSR count). The highest BCUT2D eigenvalue weighted by molar-refractivity contribution is 7.10. The Morgan fingerprint density at radius 2 is 2.06 bits per heavy atom. The summed E-state index contributed by atoms with van der Waals surface area (Å²) in [6.45, 7) is 2.80. The van der Waals surface area contributed by atoms with Crippen molar-refractivity contribution in [2.75, 3.05) is 13.7 Å². The van der Waals surface area contributed by atoms with Crippen LogP contribution in [0, 0.1) is 0 Å². The maximum atomic E-state index is 5.75. The van der Waals surface area contributed by atoms with Crippen molar-refractivity contribution < 1.29 is 4.74 Å². The molecule has 18 heavy (non-hydrogen) atoms. The Kier molecular flexibility index (Phi) is 4.33. The largest absolute Gasteiger partial charge is 0.497 e. The van der Waals surface area contributed by atoms with E-state index in [-0.39, 0.29) is 0 Å². The Bertz CT molecular complexity index is 489. The van der Waals surface area contributed by atoms with Crippen LogP contribution < -0.4 is 10.5 Å². The lowest BCUT2D eigenvalue weighted by Gasteiger charge is -2.07. The van der Waals surface area contributed by atoms with Gasteiger partial charge in [0.1, 0.15) is 5.75 Å². The fraction of sp³-hybridized carbons (Fsp3) is 0.357. The number of hydrogen-bond acceptors (Lipinski definition) is 4. The Morgan fingerprint density at radius 1 is 1.33 bits per heavy atom. The van der Waals surface area contributed by atoms with Crippen molar-refractivity contribution in [2.24, 2.45) is 5.73 Å². The van der Waals surface area contributed by atoms with Crippen LogP contribution >= 0.6 is 11.3 Å². The second kappa shape index (κ2) is 5.98. The van der Waals surface area contributed by atoms with E-state index in [4.69, 9.17) is 10.5 Å². The van der Waals surface area contributed by atoms with Crippen molar-refractivity contribution in [1.29, 1.82) is 0 Å². The summed E-state index contributed by atoms with van der Waals surface area (Å²) < 4.78 is 5.15. The van der Waals surface area contributed by atoms with E-state index in [1.54, 1.807) is 18.4 Å². The van der Waals surface area contributed by atoms with Crippen molar-refractivity contribution in [3.63, 3.8) is 0 Å². The molecule has 0 saturated carbocycles. The molecule has 2 N–H and O–H groups in total. The van der Waals surface area contributed by atoms with Gasteiger partial charge in [0, 0.05) is 23.4 Å². The highest BCUT2D eigenvalue weighted by Gasteiger charge is 2.12. The number of nitrogens with zero attached hydrogens (tertiary/aromatic N) is 1. The van der Waals surface area contributed by atoms with Crippen molar-refractivity contribution in [3.05, 3.63) is 34.7 Å². The zero-order valence-electron chi connectivity index (χ0n) is 10.7. The predicted octanol–water partition coefficient (Wildman–Crippen LogP) is 3.27. The maximum Gasteiger partial charge on any atom is 0.118 e. The lowest BCUT2D eigenvalue weighted by atomic mass is 10.1. The van der Waals surface area contributed by atoms with Crippen LogP contribution in [0.1, 0.15) is 24.3 Å². The van der Waals surface area contributed by atoms with E-state index in [9.17, 15) is 0 Å². The van der Waals surface area contributed by atoms with Gasteiger partial charge in [-0.1, -0.05) is 6.92 Å². The minimum Gasteiger partial charge on any atom is -0.497 e. The summed E-state index contributed by atoms with van der Waals surface area (Å²) in [5, 5.41) is 3.22. The molecule has 1 aromatic carbocycles. The van der Waals surface area contributed by atoms with E-state index in [0.717, 1.165) is 28.4 Å². The molecule has 0 saturated heterocycles. The molecule has 0 bridgehead atoms. The zero-order valence-corrected chi connectivity index (χ0v) is 11.5. The number of rotatable bonds is 5. The summed E-state index contributed by atoms with van der Waals surface area (Å²) in [4.78, 5) is 4.68. The number of hydrogen-bond donors (Lipinski definition) is 1. The molecule has 0 aliphatic rings. The fourth-order valence-corrected chi connectivity index (χ4v) is 2.84. The fourth-order valence-electron chi connectivity index (χ4n) is 1.81. The summed E-state index contributed by atoms with van der Waals surface area (Å²) in [5.41, 5.74) is 7.89. The molecule has 0 spiro atoms. The van der Waals surface area contributed by atoms with Gasteiger partial charge in [0.2, 0.25) is 0 Å². The smallest absolute Gasteiger partial charge is 0.118 e. The van der Waals surface area contributed by atoms with Crippen LogP contribution in [0.15, 0.2) is 29.6 Å². The van der Waals surface area contributed by atoms with Crippen LogP contribution in [0.4, 0.5) is 0 Å². The monoisotopic (exact) mass is 262 g/mol. The molecule has 0 fully saturated rings. The van der Waals surface area contributed by atoms with Crippen molar-refractivity contribution in [1.82, 2.24) is 4.98 Å². The van der Waals surface area contributed by atoms with Gasteiger partial charge in [0.05, 0.1) is 17.8 Å². The molecule has 0 aliphatic heterocycles. The Balaban J connectivity index is 2.23. The van der Waals surface area contributed by atoms with E-state index >= 15 is 0 Å². The van der Waals surface area contributed by atoms with E-state index in [0.29, 0.717) is 12.5 Å². The normalized spacial score (nSPS) is 12.4. The molecule has 1 aromatic heterocycles. The van der Waals surface area contributed by atoms with Crippen LogP contribution in [-0.2, 0) is 0 Å². The first-order valence-corrected chi connectivity index (χ1v) is 6.96. The first-order valence-electron chi connectivity index (χ1n) is 6.08. The summed E-state index contributed by atoms with van der Waals surface area (Å²) >= 11 is 1.69. The van der Waals surface area contributed by atoms with E-state index in [1.807, 2.05) is 24.3 Å². The van der Waals surface area contributed by atoms with Gasteiger partial charge in [-0.25, -0.2) is 4.98 Å². The van der Waals surface area contributed by atoms with Crippen molar-refractivity contribution in [2.45, 2.75) is 19.3 Å². The molecule has 96 valence electrons. The van der Waals surface area contributed by atoms with Crippen LogP contribution in [0.25, 0.3) is 11.3 Å². The summed E-state index contributed by atoms with van der Waals surface area (Å²) in [6.07, 6.45) is 1.03. The lowest BCUT2D eigenvalue weighted by molar-refractivity contribution is 0.415. The first kappa shape index (κ1) is 13.1. The molecule has 2 aromatic rings. The molecule has 1 atom stereocenters. The number of ether oxygens (including phenoxy) is 1. The number of thiazole rings is 1. The number of methoxy groups -OCH3 is 1. The number of aromatic nitrogens is 1. The third kappa shape index (κ3) is 2.71. The second-order valence-corrected chi connectivity index (χ2v) is 5.03. The minimum atomic E-state index is 0.377. The van der Waals surface area contributed by atoms with E-state index in [1.165, 1.54) is 0 Å². The molecular formula is C14H18N2OS. The van der Waals surface area contributed by atoms with Gasteiger partial charge >= 0.3 is 0 Å². The quantitative estimate of drug-likeness (QED) is 0.899. The third-order valence-corrected chi connectivity index (χ3v) is 4.04. The molecule has 0 aliphatic carbocycles. The van der Waals surface area contributed by atoms with Gasteiger partial charge in [-0.3, -0.25) is 0 Å². The topological polar surface area (TPSA) is 48.1 Å². The predicted molar refractivity (Wildman–Crippen MR) is 76.2 cm³/mol. The summed E-state index contributed by atoms with van der Waals surface area (Å²) in [7, 11) is 1.67. The summed E-state index contributed by atoms with van der Waals surface area (Å²) in [6, 6.07) is 7.96. The third-order valence-electron chi connectivity index (χ3n) is 3.03. The first-order chi connectivity index (χ1) is 8.78. The van der Waals surface area contributed by atoms with Crippen LogP contribution in [0.2, 0.25) is 0 Å². The molecule has 1 heterocycles. The Labute approximate surface area is 112 Å².